The van der Waals surface area contributed by atoms with E-state index in [9.17, 15) is 13.5 Å². The molecule has 0 aromatic heterocycles. The van der Waals surface area contributed by atoms with Gasteiger partial charge in [0.05, 0.1) is 11.5 Å². The zero-order chi connectivity index (χ0) is 9.90. The van der Waals surface area contributed by atoms with Crippen LogP contribution in [0.2, 0.25) is 0 Å². The Morgan fingerprint density at radius 3 is 2.08 bits per heavy atom. The second kappa shape index (κ2) is 3.87. The molecule has 71 valence electrons. The molecule has 0 atom stereocenters. The molecular weight excluding hydrogens is 192 g/mol. The Labute approximate surface area is 76.6 Å². The van der Waals surface area contributed by atoms with Crippen molar-refractivity contribution in [2.24, 2.45) is 0 Å². The Morgan fingerprint density at radius 2 is 1.69 bits per heavy atom. The van der Waals surface area contributed by atoms with Gasteiger partial charge in [0.25, 0.3) is 10.1 Å². The van der Waals surface area contributed by atoms with Gasteiger partial charge in [-0.25, -0.2) is 5.11 Å². The van der Waals surface area contributed by atoms with Crippen LogP contribution in [0.4, 0.5) is 0 Å². The van der Waals surface area contributed by atoms with Crippen LogP contribution in [0.3, 0.4) is 0 Å². The van der Waals surface area contributed by atoms with E-state index in [4.69, 9.17) is 4.55 Å². The van der Waals surface area contributed by atoms with Crippen molar-refractivity contribution in [2.45, 2.75) is 11.3 Å². The molecule has 0 unspecified atom stereocenters. The zero-order valence-electron chi connectivity index (χ0n) is 6.80. The number of benzene rings is 1. The fourth-order valence-corrected chi connectivity index (χ4v) is 1.43. The summed E-state index contributed by atoms with van der Waals surface area (Å²) in [5.74, 6) is 0. The van der Waals surface area contributed by atoms with Crippen molar-refractivity contribution in [3.63, 3.8) is 0 Å². The average Bonchev–Trinajstić information content (AvgIpc) is 2.04. The summed E-state index contributed by atoms with van der Waals surface area (Å²) >= 11 is 0. The molecule has 4 nitrogen and oxygen atoms in total. The van der Waals surface area contributed by atoms with Gasteiger partial charge in [0, 0.05) is 0 Å². The van der Waals surface area contributed by atoms with Crippen LogP contribution in [0.25, 0.3) is 0 Å². The van der Waals surface area contributed by atoms with Crippen molar-refractivity contribution >= 4 is 10.1 Å². The predicted molar refractivity (Wildman–Crippen MR) is 45.5 cm³/mol. The van der Waals surface area contributed by atoms with Gasteiger partial charge in [-0.05, 0) is 24.1 Å². The van der Waals surface area contributed by atoms with Gasteiger partial charge in [0.2, 0.25) is 0 Å². The van der Waals surface area contributed by atoms with E-state index in [0.717, 1.165) is 5.56 Å². The maximum Gasteiger partial charge on any atom is 0.294 e. The van der Waals surface area contributed by atoms with Crippen molar-refractivity contribution < 1.29 is 18.1 Å². The summed E-state index contributed by atoms with van der Waals surface area (Å²) < 4.78 is 29.8. The monoisotopic (exact) mass is 201 g/mol. The summed E-state index contributed by atoms with van der Waals surface area (Å²) in [6, 6.07) is 5.59. The van der Waals surface area contributed by atoms with Gasteiger partial charge in [0.1, 0.15) is 0 Å². The molecule has 0 saturated carbocycles. The van der Waals surface area contributed by atoms with E-state index in [1.807, 2.05) is 0 Å². The standard InChI is InChI=1S/C8H9O4S/c9-6-5-7-1-3-8(4-2-7)13(10,11)12/h1-4H,5-6H2,(H,10,11,12). The van der Waals surface area contributed by atoms with Crippen LogP contribution < -0.4 is 0 Å². The molecule has 1 aromatic rings. The fraction of sp³-hybridized carbons (Fsp3) is 0.250. The quantitative estimate of drug-likeness (QED) is 0.738. The van der Waals surface area contributed by atoms with Crippen LogP contribution in [0.5, 0.6) is 0 Å². The molecular formula is C8H9O4S. The summed E-state index contributed by atoms with van der Waals surface area (Å²) in [6.45, 7) is -0.231. The highest BCUT2D eigenvalue weighted by atomic mass is 32.2. The van der Waals surface area contributed by atoms with E-state index in [-0.39, 0.29) is 11.5 Å². The van der Waals surface area contributed by atoms with Crippen LogP contribution >= 0.6 is 0 Å². The predicted octanol–water partition coefficient (Wildman–Crippen LogP) is 0.906. The number of rotatable bonds is 3. The molecule has 1 aromatic carbocycles. The molecule has 0 aliphatic carbocycles. The maximum absolute atomic E-state index is 10.6. The van der Waals surface area contributed by atoms with E-state index in [2.05, 4.69) is 0 Å². The van der Waals surface area contributed by atoms with E-state index in [1.165, 1.54) is 24.3 Å². The first-order chi connectivity index (χ1) is 6.04. The first kappa shape index (κ1) is 10.2. The summed E-state index contributed by atoms with van der Waals surface area (Å²) in [7, 11) is -4.11. The molecule has 0 amide bonds. The molecule has 0 aliphatic heterocycles. The van der Waals surface area contributed by atoms with E-state index >= 15 is 0 Å². The van der Waals surface area contributed by atoms with Gasteiger partial charge in [-0.2, -0.15) is 8.42 Å². The highest BCUT2D eigenvalue weighted by molar-refractivity contribution is 7.85. The first-order valence-corrected chi connectivity index (χ1v) is 5.12. The topological polar surface area (TPSA) is 74.3 Å². The largest absolute Gasteiger partial charge is 0.294 e. The fourth-order valence-electron chi connectivity index (χ4n) is 0.946. The van der Waals surface area contributed by atoms with Gasteiger partial charge in [-0.3, -0.25) is 4.55 Å². The average molecular weight is 201 g/mol. The molecule has 0 heterocycles. The number of hydrogen-bond donors (Lipinski definition) is 1. The highest BCUT2D eigenvalue weighted by Gasteiger charge is 2.07. The molecule has 1 radical (unpaired) electrons. The van der Waals surface area contributed by atoms with Crippen molar-refractivity contribution in [2.75, 3.05) is 6.61 Å². The maximum atomic E-state index is 10.6. The minimum absolute atomic E-state index is 0.151. The molecule has 1 N–H and O–H groups in total. The van der Waals surface area contributed by atoms with Crippen molar-refractivity contribution in [1.82, 2.24) is 0 Å². The molecule has 0 aliphatic rings. The molecule has 1 rings (SSSR count). The Morgan fingerprint density at radius 1 is 1.15 bits per heavy atom. The Hall–Kier alpha value is -0.910. The van der Waals surface area contributed by atoms with Crippen molar-refractivity contribution in [3.05, 3.63) is 29.8 Å². The SMILES string of the molecule is [O]CCc1ccc(S(=O)(=O)O)cc1. The second-order valence-corrected chi connectivity index (χ2v) is 3.99. The van der Waals surface area contributed by atoms with Crippen molar-refractivity contribution in [3.8, 4) is 0 Å². The lowest BCUT2D eigenvalue weighted by Gasteiger charge is -1.98. The molecule has 13 heavy (non-hydrogen) atoms. The summed E-state index contributed by atoms with van der Waals surface area (Å²) in [5, 5.41) is 10.2. The zero-order valence-corrected chi connectivity index (χ0v) is 7.62. The van der Waals surface area contributed by atoms with E-state index in [1.54, 1.807) is 0 Å². The van der Waals surface area contributed by atoms with Gasteiger partial charge in [0.15, 0.2) is 0 Å². The van der Waals surface area contributed by atoms with Gasteiger partial charge in [-0.15, -0.1) is 0 Å². The molecule has 0 fully saturated rings. The second-order valence-electron chi connectivity index (χ2n) is 2.57. The summed E-state index contributed by atoms with van der Waals surface area (Å²) in [6.07, 6.45) is 0.367. The third-order valence-electron chi connectivity index (χ3n) is 1.61. The van der Waals surface area contributed by atoms with Crippen LogP contribution in [-0.4, -0.2) is 19.6 Å². The molecule has 0 bridgehead atoms. The normalized spacial score (nSPS) is 11.5. The lowest BCUT2D eigenvalue weighted by molar-refractivity contribution is 0.197. The first-order valence-electron chi connectivity index (χ1n) is 3.68. The molecule has 0 spiro atoms. The smallest absolute Gasteiger partial charge is 0.282 e. The van der Waals surface area contributed by atoms with Gasteiger partial charge < -0.3 is 0 Å². The summed E-state index contributed by atoms with van der Waals surface area (Å²) in [5.41, 5.74) is 0.766. The van der Waals surface area contributed by atoms with E-state index in [0.29, 0.717) is 6.42 Å². The minimum Gasteiger partial charge on any atom is -0.282 e. The van der Waals surface area contributed by atoms with Crippen LogP contribution in [0.15, 0.2) is 29.2 Å². The molecule has 5 heteroatoms. The molecule has 0 saturated heterocycles. The van der Waals surface area contributed by atoms with Crippen LogP contribution in [-0.2, 0) is 21.6 Å². The third kappa shape index (κ3) is 2.80. The summed E-state index contributed by atoms with van der Waals surface area (Å²) in [4.78, 5) is -0.151. The van der Waals surface area contributed by atoms with Crippen LogP contribution in [0, 0.1) is 0 Å². The highest BCUT2D eigenvalue weighted by Crippen LogP contribution is 2.10. The van der Waals surface area contributed by atoms with Gasteiger partial charge >= 0.3 is 0 Å². The lowest BCUT2D eigenvalue weighted by Crippen LogP contribution is -1.98. The van der Waals surface area contributed by atoms with Crippen molar-refractivity contribution in [1.29, 1.82) is 0 Å². The Bertz CT molecular complexity index is 366. The van der Waals surface area contributed by atoms with Gasteiger partial charge in [-0.1, -0.05) is 12.1 Å². The van der Waals surface area contributed by atoms with E-state index < -0.39 is 10.1 Å². The minimum atomic E-state index is -4.11. The Kier molecular flexibility index (Phi) is 3.02. The van der Waals surface area contributed by atoms with Crippen LogP contribution in [0.1, 0.15) is 5.56 Å². The third-order valence-corrected chi connectivity index (χ3v) is 2.48. The Balaban J connectivity index is 2.94. The number of hydrogen-bond acceptors (Lipinski definition) is 2. The lowest BCUT2D eigenvalue weighted by atomic mass is 10.2.